The molecule has 0 radical (unpaired) electrons. The molecule has 0 atom stereocenters. The van der Waals surface area contributed by atoms with Gasteiger partial charge in [0.1, 0.15) is 5.52 Å². The molecule has 0 N–H and O–H groups in total. The van der Waals surface area contributed by atoms with Crippen LogP contribution in [0.3, 0.4) is 0 Å². The van der Waals surface area contributed by atoms with Crippen LogP contribution in [0.4, 0.5) is 0 Å². The average Bonchev–Trinajstić information content (AvgIpc) is 2.31. The zero-order chi connectivity index (χ0) is 11.3. The van der Waals surface area contributed by atoms with Gasteiger partial charge in [-0.1, -0.05) is 13.8 Å². The molecule has 2 rings (SSSR count). The van der Waals surface area contributed by atoms with Crippen LogP contribution in [0.2, 0.25) is 0 Å². The normalized spacial score (nSPS) is 9.27. The van der Waals surface area contributed by atoms with Crippen molar-refractivity contribution in [3.63, 3.8) is 0 Å². The van der Waals surface area contributed by atoms with E-state index in [9.17, 15) is 4.79 Å². The fourth-order valence-electron chi connectivity index (χ4n) is 1.19. The number of rotatable bonds is 1. The molecule has 0 fully saturated rings. The Morgan fingerprint density at radius 2 is 2.00 bits per heavy atom. The van der Waals surface area contributed by atoms with Crippen molar-refractivity contribution in [3.8, 4) is 0 Å². The van der Waals surface area contributed by atoms with Gasteiger partial charge in [-0.15, -0.1) is 0 Å². The number of hydrogen-bond donors (Lipinski definition) is 0. The molecule has 0 spiro atoms. The van der Waals surface area contributed by atoms with E-state index in [0.717, 1.165) is 11.2 Å². The predicted molar refractivity (Wildman–Crippen MR) is 58.8 cm³/mol. The summed E-state index contributed by atoms with van der Waals surface area (Å²) in [5.41, 5.74) is 2.18. The number of aryl methyl sites for hydroxylation is 1. The summed E-state index contributed by atoms with van der Waals surface area (Å²) in [6.07, 6.45) is 2.32. The third-order valence-corrected chi connectivity index (χ3v) is 1.75. The standard InChI is InChI=1S/C9H7N3O.C2H6/c1-6-9-7(3-2-4-10-9)12-8(5-13)11-6;1-2/h2-5H,1H3;1-2H3. The Bertz CT molecular complexity index is 468. The molecule has 78 valence electrons. The van der Waals surface area contributed by atoms with Crippen LogP contribution in [-0.4, -0.2) is 21.2 Å². The first-order chi connectivity index (χ1) is 7.31. The van der Waals surface area contributed by atoms with E-state index in [1.807, 2.05) is 26.8 Å². The molecule has 4 nitrogen and oxygen atoms in total. The molecular formula is C11H13N3O. The van der Waals surface area contributed by atoms with Crippen molar-refractivity contribution in [2.45, 2.75) is 20.8 Å². The number of carbonyl (C=O) groups excluding carboxylic acids is 1. The maximum Gasteiger partial charge on any atom is 0.193 e. The van der Waals surface area contributed by atoms with E-state index in [0.29, 0.717) is 11.8 Å². The van der Waals surface area contributed by atoms with Crippen LogP contribution >= 0.6 is 0 Å². The first-order valence-electron chi connectivity index (χ1n) is 4.86. The minimum absolute atomic E-state index is 0.206. The Kier molecular flexibility index (Phi) is 3.85. The fourth-order valence-corrected chi connectivity index (χ4v) is 1.19. The van der Waals surface area contributed by atoms with E-state index in [1.165, 1.54) is 0 Å². The highest BCUT2D eigenvalue weighted by Gasteiger charge is 2.02. The fraction of sp³-hybridized carbons (Fsp3) is 0.273. The molecule has 15 heavy (non-hydrogen) atoms. The van der Waals surface area contributed by atoms with Gasteiger partial charge < -0.3 is 0 Å². The Labute approximate surface area is 88.4 Å². The van der Waals surface area contributed by atoms with E-state index < -0.39 is 0 Å². The number of aromatic nitrogens is 3. The Hall–Kier alpha value is -1.84. The Balaban J connectivity index is 0.000000531. The van der Waals surface area contributed by atoms with Gasteiger partial charge in [0, 0.05) is 6.20 Å². The molecule has 0 bridgehead atoms. The molecule has 0 aromatic carbocycles. The van der Waals surface area contributed by atoms with Crippen molar-refractivity contribution in [1.82, 2.24) is 15.0 Å². The van der Waals surface area contributed by atoms with Gasteiger partial charge in [0.2, 0.25) is 0 Å². The minimum atomic E-state index is 0.206. The van der Waals surface area contributed by atoms with Gasteiger partial charge in [-0.25, -0.2) is 9.97 Å². The van der Waals surface area contributed by atoms with Gasteiger partial charge in [-0.2, -0.15) is 0 Å². The van der Waals surface area contributed by atoms with Gasteiger partial charge in [0.25, 0.3) is 0 Å². The topological polar surface area (TPSA) is 55.7 Å². The summed E-state index contributed by atoms with van der Waals surface area (Å²) >= 11 is 0. The second-order valence-electron chi connectivity index (χ2n) is 2.66. The summed E-state index contributed by atoms with van der Waals surface area (Å²) in [5.74, 6) is 0.206. The summed E-state index contributed by atoms with van der Waals surface area (Å²) in [7, 11) is 0. The maximum atomic E-state index is 10.5. The lowest BCUT2D eigenvalue weighted by atomic mass is 10.3. The van der Waals surface area contributed by atoms with E-state index in [-0.39, 0.29) is 5.82 Å². The molecule has 2 heterocycles. The molecule has 0 saturated heterocycles. The van der Waals surface area contributed by atoms with Crippen LogP contribution in [0.1, 0.15) is 30.2 Å². The van der Waals surface area contributed by atoms with Gasteiger partial charge in [-0.3, -0.25) is 9.78 Å². The Morgan fingerprint density at radius 3 is 2.67 bits per heavy atom. The molecule has 0 unspecified atom stereocenters. The molecule has 2 aromatic heterocycles. The molecule has 0 amide bonds. The third kappa shape index (κ3) is 2.34. The first kappa shape index (κ1) is 11.2. The number of hydrogen-bond acceptors (Lipinski definition) is 4. The van der Waals surface area contributed by atoms with E-state index >= 15 is 0 Å². The number of pyridine rings is 1. The molecular weight excluding hydrogens is 190 g/mol. The third-order valence-electron chi connectivity index (χ3n) is 1.75. The lowest BCUT2D eigenvalue weighted by molar-refractivity contribution is 0.111. The second kappa shape index (κ2) is 5.14. The smallest absolute Gasteiger partial charge is 0.193 e. The number of aldehydes is 1. The van der Waals surface area contributed by atoms with Crippen molar-refractivity contribution >= 4 is 17.3 Å². The molecule has 0 aliphatic carbocycles. The molecule has 0 aliphatic rings. The number of nitrogens with zero attached hydrogens (tertiary/aromatic N) is 3. The van der Waals surface area contributed by atoms with Crippen molar-refractivity contribution in [3.05, 3.63) is 29.8 Å². The van der Waals surface area contributed by atoms with Crippen LogP contribution in [0.15, 0.2) is 18.3 Å². The van der Waals surface area contributed by atoms with Gasteiger partial charge in [0.15, 0.2) is 12.1 Å². The van der Waals surface area contributed by atoms with E-state index in [2.05, 4.69) is 15.0 Å². The van der Waals surface area contributed by atoms with E-state index in [4.69, 9.17) is 0 Å². The molecule has 0 saturated carbocycles. The van der Waals surface area contributed by atoms with Crippen molar-refractivity contribution in [1.29, 1.82) is 0 Å². The largest absolute Gasteiger partial charge is 0.294 e. The zero-order valence-corrected chi connectivity index (χ0v) is 9.06. The SMILES string of the molecule is CC.Cc1nc(C=O)nc2cccnc12. The summed E-state index contributed by atoms with van der Waals surface area (Å²) in [4.78, 5) is 22.6. The Morgan fingerprint density at radius 1 is 1.27 bits per heavy atom. The molecule has 2 aromatic rings. The summed E-state index contributed by atoms with van der Waals surface area (Å²) in [5, 5.41) is 0. The second-order valence-corrected chi connectivity index (χ2v) is 2.66. The lowest BCUT2D eigenvalue weighted by Gasteiger charge is -1.99. The highest BCUT2D eigenvalue weighted by molar-refractivity contribution is 5.80. The van der Waals surface area contributed by atoms with Crippen LogP contribution in [0.25, 0.3) is 11.0 Å². The lowest BCUT2D eigenvalue weighted by Crippen LogP contribution is -1.97. The van der Waals surface area contributed by atoms with Crippen LogP contribution in [0.5, 0.6) is 0 Å². The summed E-state index contributed by atoms with van der Waals surface area (Å²) in [6.45, 7) is 5.81. The van der Waals surface area contributed by atoms with Crippen LogP contribution < -0.4 is 0 Å². The van der Waals surface area contributed by atoms with Gasteiger partial charge in [0.05, 0.1) is 11.2 Å². The molecule has 4 heteroatoms. The van der Waals surface area contributed by atoms with Crippen LogP contribution in [-0.2, 0) is 0 Å². The minimum Gasteiger partial charge on any atom is -0.294 e. The van der Waals surface area contributed by atoms with Gasteiger partial charge >= 0.3 is 0 Å². The van der Waals surface area contributed by atoms with Crippen molar-refractivity contribution in [2.75, 3.05) is 0 Å². The monoisotopic (exact) mass is 203 g/mol. The summed E-state index contributed by atoms with van der Waals surface area (Å²) < 4.78 is 0. The molecule has 0 aliphatic heterocycles. The first-order valence-corrected chi connectivity index (χ1v) is 4.86. The predicted octanol–water partition coefficient (Wildman–Crippen LogP) is 2.17. The maximum absolute atomic E-state index is 10.5. The quantitative estimate of drug-likeness (QED) is 0.666. The zero-order valence-electron chi connectivity index (χ0n) is 9.06. The highest BCUT2D eigenvalue weighted by atomic mass is 16.1. The number of fused-ring (bicyclic) bond motifs is 1. The van der Waals surface area contributed by atoms with Crippen molar-refractivity contribution < 1.29 is 4.79 Å². The average molecular weight is 203 g/mol. The van der Waals surface area contributed by atoms with Crippen LogP contribution in [0, 0.1) is 6.92 Å². The van der Waals surface area contributed by atoms with Gasteiger partial charge in [-0.05, 0) is 19.1 Å². The summed E-state index contributed by atoms with van der Waals surface area (Å²) in [6, 6.07) is 3.59. The number of carbonyl (C=O) groups is 1. The van der Waals surface area contributed by atoms with E-state index in [1.54, 1.807) is 12.3 Å². The highest BCUT2D eigenvalue weighted by Crippen LogP contribution is 2.10. The van der Waals surface area contributed by atoms with Crippen molar-refractivity contribution in [2.24, 2.45) is 0 Å².